The number of aromatic nitrogens is 1. The molecule has 2 aromatic rings. The van der Waals surface area contributed by atoms with Crippen LogP contribution in [0.3, 0.4) is 0 Å². The van der Waals surface area contributed by atoms with Gasteiger partial charge in [-0.05, 0) is 51.7 Å². The van der Waals surface area contributed by atoms with Gasteiger partial charge in [-0.15, -0.1) is 0 Å². The second-order valence-corrected chi connectivity index (χ2v) is 5.30. The van der Waals surface area contributed by atoms with Crippen LogP contribution in [0.5, 0.6) is 0 Å². The van der Waals surface area contributed by atoms with Crippen LogP contribution < -0.4 is 5.32 Å². The van der Waals surface area contributed by atoms with Gasteiger partial charge in [-0.1, -0.05) is 6.07 Å². The van der Waals surface area contributed by atoms with E-state index in [0.29, 0.717) is 17.6 Å². The molecular weight excluding hydrogens is 322 g/mol. The first-order valence-electron chi connectivity index (χ1n) is 6.11. The molecule has 0 aliphatic rings. The van der Waals surface area contributed by atoms with Gasteiger partial charge in [0, 0.05) is 31.5 Å². The van der Waals surface area contributed by atoms with E-state index in [0.717, 1.165) is 11.1 Å². The van der Waals surface area contributed by atoms with Crippen LogP contribution >= 0.6 is 15.9 Å². The SMILES string of the molecule is Cc1ccncc1CNCc1ccc(Br)c([N+](=O)[O-])c1. The molecule has 0 spiro atoms. The molecule has 0 saturated heterocycles. The summed E-state index contributed by atoms with van der Waals surface area (Å²) in [5.74, 6) is 0. The number of nitro benzene ring substituents is 1. The molecule has 0 aliphatic heterocycles. The summed E-state index contributed by atoms with van der Waals surface area (Å²) >= 11 is 3.18. The molecule has 0 amide bonds. The number of nitro groups is 1. The average molecular weight is 336 g/mol. The molecule has 0 unspecified atom stereocenters. The van der Waals surface area contributed by atoms with Gasteiger partial charge in [-0.3, -0.25) is 15.1 Å². The highest BCUT2D eigenvalue weighted by atomic mass is 79.9. The quantitative estimate of drug-likeness (QED) is 0.672. The fourth-order valence-electron chi connectivity index (χ4n) is 1.83. The van der Waals surface area contributed by atoms with Crippen molar-refractivity contribution in [2.45, 2.75) is 20.0 Å². The molecule has 6 heteroatoms. The van der Waals surface area contributed by atoms with E-state index in [-0.39, 0.29) is 5.69 Å². The summed E-state index contributed by atoms with van der Waals surface area (Å²) in [6.07, 6.45) is 3.59. The molecule has 0 fully saturated rings. The van der Waals surface area contributed by atoms with Crippen LogP contribution in [0.1, 0.15) is 16.7 Å². The molecule has 0 atom stereocenters. The highest BCUT2D eigenvalue weighted by Gasteiger charge is 2.11. The lowest BCUT2D eigenvalue weighted by molar-refractivity contribution is -0.385. The summed E-state index contributed by atoms with van der Waals surface area (Å²) in [5, 5.41) is 14.1. The monoisotopic (exact) mass is 335 g/mol. The second-order valence-electron chi connectivity index (χ2n) is 4.45. The van der Waals surface area contributed by atoms with Crippen LogP contribution in [-0.2, 0) is 13.1 Å². The number of aryl methyl sites for hydroxylation is 1. The molecule has 20 heavy (non-hydrogen) atoms. The van der Waals surface area contributed by atoms with Gasteiger partial charge in [0.15, 0.2) is 0 Å². The Labute approximate surface area is 125 Å². The minimum Gasteiger partial charge on any atom is -0.309 e. The molecule has 104 valence electrons. The fourth-order valence-corrected chi connectivity index (χ4v) is 2.22. The molecule has 0 radical (unpaired) electrons. The Balaban J connectivity index is 2.00. The zero-order chi connectivity index (χ0) is 14.5. The Kier molecular flexibility index (Phi) is 4.81. The number of benzene rings is 1. The van der Waals surface area contributed by atoms with Crippen molar-refractivity contribution in [3.63, 3.8) is 0 Å². The number of nitrogens with zero attached hydrogens (tertiary/aromatic N) is 2. The van der Waals surface area contributed by atoms with Gasteiger partial charge in [0.1, 0.15) is 0 Å². The molecule has 5 nitrogen and oxygen atoms in total. The van der Waals surface area contributed by atoms with Gasteiger partial charge in [0.25, 0.3) is 5.69 Å². The largest absolute Gasteiger partial charge is 0.309 e. The van der Waals surface area contributed by atoms with Gasteiger partial charge in [0.05, 0.1) is 9.40 Å². The third-order valence-corrected chi connectivity index (χ3v) is 3.67. The third kappa shape index (κ3) is 3.61. The maximum absolute atomic E-state index is 10.9. The number of rotatable bonds is 5. The van der Waals surface area contributed by atoms with Gasteiger partial charge in [-0.2, -0.15) is 0 Å². The van der Waals surface area contributed by atoms with E-state index in [1.54, 1.807) is 18.3 Å². The standard InChI is InChI=1S/C14H14BrN3O2/c1-10-4-5-16-8-12(10)9-17-7-11-2-3-13(15)14(6-11)18(19)20/h2-6,8,17H,7,9H2,1H3. The summed E-state index contributed by atoms with van der Waals surface area (Å²) in [7, 11) is 0. The Morgan fingerprint density at radius 3 is 2.85 bits per heavy atom. The summed E-state index contributed by atoms with van der Waals surface area (Å²) in [6.45, 7) is 3.29. The summed E-state index contributed by atoms with van der Waals surface area (Å²) < 4.78 is 0.495. The lowest BCUT2D eigenvalue weighted by Crippen LogP contribution is -2.13. The fraction of sp³-hybridized carbons (Fsp3) is 0.214. The summed E-state index contributed by atoms with van der Waals surface area (Å²) in [4.78, 5) is 14.6. The zero-order valence-corrected chi connectivity index (χ0v) is 12.6. The minimum atomic E-state index is -0.390. The molecule has 0 saturated carbocycles. The topological polar surface area (TPSA) is 68.1 Å². The molecule has 1 heterocycles. The van der Waals surface area contributed by atoms with Gasteiger partial charge < -0.3 is 5.32 Å². The van der Waals surface area contributed by atoms with Gasteiger partial charge >= 0.3 is 0 Å². The number of hydrogen-bond acceptors (Lipinski definition) is 4. The Bertz CT molecular complexity index is 632. The minimum absolute atomic E-state index is 0.0851. The van der Waals surface area contributed by atoms with Crippen molar-refractivity contribution in [1.29, 1.82) is 0 Å². The molecule has 0 bridgehead atoms. The smallest absolute Gasteiger partial charge is 0.283 e. The van der Waals surface area contributed by atoms with Crippen molar-refractivity contribution in [3.05, 3.63) is 67.9 Å². The molecule has 1 N–H and O–H groups in total. The van der Waals surface area contributed by atoms with Crippen molar-refractivity contribution in [2.75, 3.05) is 0 Å². The average Bonchev–Trinajstić information content (AvgIpc) is 2.42. The zero-order valence-electron chi connectivity index (χ0n) is 11.0. The number of hydrogen-bond donors (Lipinski definition) is 1. The number of pyridine rings is 1. The van der Waals surface area contributed by atoms with Gasteiger partial charge in [-0.25, -0.2) is 0 Å². The molecular formula is C14H14BrN3O2. The highest BCUT2D eigenvalue weighted by molar-refractivity contribution is 9.10. The van der Waals surface area contributed by atoms with Crippen LogP contribution in [0.2, 0.25) is 0 Å². The lowest BCUT2D eigenvalue weighted by atomic mass is 10.1. The van der Waals surface area contributed by atoms with E-state index in [2.05, 4.69) is 26.2 Å². The predicted octanol–water partition coefficient (Wildman–Crippen LogP) is 3.35. The van der Waals surface area contributed by atoms with E-state index < -0.39 is 4.92 Å². The second kappa shape index (κ2) is 6.58. The van der Waals surface area contributed by atoms with E-state index >= 15 is 0 Å². The van der Waals surface area contributed by atoms with Crippen molar-refractivity contribution in [3.8, 4) is 0 Å². The van der Waals surface area contributed by atoms with E-state index in [1.807, 2.05) is 25.3 Å². The Morgan fingerprint density at radius 2 is 2.15 bits per heavy atom. The highest BCUT2D eigenvalue weighted by Crippen LogP contribution is 2.25. The molecule has 2 rings (SSSR count). The van der Waals surface area contributed by atoms with Crippen molar-refractivity contribution in [1.82, 2.24) is 10.3 Å². The normalized spacial score (nSPS) is 10.5. The maximum atomic E-state index is 10.9. The molecule has 1 aromatic heterocycles. The first kappa shape index (κ1) is 14.6. The third-order valence-electron chi connectivity index (χ3n) is 3.00. The molecule has 0 aliphatic carbocycles. The lowest BCUT2D eigenvalue weighted by Gasteiger charge is -2.07. The van der Waals surface area contributed by atoms with Crippen LogP contribution in [0, 0.1) is 17.0 Å². The van der Waals surface area contributed by atoms with Crippen LogP contribution in [0.4, 0.5) is 5.69 Å². The first-order chi connectivity index (χ1) is 9.58. The van der Waals surface area contributed by atoms with Crippen molar-refractivity contribution >= 4 is 21.6 Å². The van der Waals surface area contributed by atoms with Crippen LogP contribution in [0.15, 0.2) is 41.1 Å². The van der Waals surface area contributed by atoms with E-state index in [4.69, 9.17) is 0 Å². The van der Waals surface area contributed by atoms with Gasteiger partial charge in [0.2, 0.25) is 0 Å². The summed E-state index contributed by atoms with van der Waals surface area (Å²) in [6, 6.07) is 7.10. The number of halogens is 1. The van der Waals surface area contributed by atoms with E-state index in [1.165, 1.54) is 5.56 Å². The van der Waals surface area contributed by atoms with Crippen LogP contribution in [-0.4, -0.2) is 9.91 Å². The van der Waals surface area contributed by atoms with E-state index in [9.17, 15) is 10.1 Å². The summed E-state index contributed by atoms with van der Waals surface area (Å²) in [5.41, 5.74) is 3.26. The van der Waals surface area contributed by atoms with Crippen LogP contribution in [0.25, 0.3) is 0 Å². The van der Waals surface area contributed by atoms with Crippen molar-refractivity contribution in [2.24, 2.45) is 0 Å². The first-order valence-corrected chi connectivity index (χ1v) is 6.90. The Morgan fingerprint density at radius 1 is 1.35 bits per heavy atom. The Hall–Kier alpha value is -1.79. The predicted molar refractivity (Wildman–Crippen MR) is 80.3 cm³/mol. The molecule has 1 aromatic carbocycles. The maximum Gasteiger partial charge on any atom is 0.283 e. The number of nitrogens with one attached hydrogen (secondary N) is 1. The van der Waals surface area contributed by atoms with Crippen molar-refractivity contribution < 1.29 is 4.92 Å².